The molecule has 0 rings (SSSR count). The largest absolute Gasteiger partial charge is 0.0651 e. The van der Waals surface area contributed by atoms with Crippen LogP contribution in [0.2, 0.25) is 0 Å². The summed E-state index contributed by atoms with van der Waals surface area (Å²) in [6.45, 7) is 19.4. The van der Waals surface area contributed by atoms with Gasteiger partial charge in [-0.15, -0.1) is 0 Å². The molecular formula is C17H36. The molecule has 17 heavy (non-hydrogen) atoms. The van der Waals surface area contributed by atoms with Gasteiger partial charge in [-0.3, -0.25) is 0 Å². The van der Waals surface area contributed by atoms with E-state index in [0.717, 1.165) is 11.8 Å². The molecule has 0 aliphatic heterocycles. The zero-order chi connectivity index (χ0) is 13.7. The first-order valence-corrected chi connectivity index (χ1v) is 7.89. The van der Waals surface area contributed by atoms with Gasteiger partial charge in [-0.2, -0.15) is 0 Å². The summed E-state index contributed by atoms with van der Waals surface area (Å²) in [7, 11) is 0. The highest BCUT2D eigenvalue weighted by molar-refractivity contribution is 4.98. The van der Waals surface area contributed by atoms with Crippen LogP contribution in [0.5, 0.6) is 0 Å². The molecule has 0 heterocycles. The van der Waals surface area contributed by atoms with Gasteiger partial charge in [-0.25, -0.2) is 0 Å². The van der Waals surface area contributed by atoms with Crippen molar-refractivity contribution in [3.63, 3.8) is 0 Å². The molecule has 0 N–H and O–H groups in total. The first kappa shape index (κ1) is 17.0. The minimum atomic E-state index is 0.487. The molecule has 0 radical (unpaired) electrons. The predicted octanol–water partition coefficient (Wildman–Crippen LogP) is 6.30. The van der Waals surface area contributed by atoms with E-state index in [1.807, 2.05) is 0 Å². The molecule has 0 bridgehead atoms. The molecule has 0 aromatic rings. The maximum absolute atomic E-state index is 2.56. The average molecular weight is 240 g/mol. The zero-order valence-electron chi connectivity index (χ0n) is 13.7. The molecule has 0 aromatic carbocycles. The van der Waals surface area contributed by atoms with E-state index >= 15 is 0 Å². The number of hydrogen-bond acceptors (Lipinski definition) is 0. The molecule has 0 fully saturated rings. The average Bonchev–Trinajstić information content (AvgIpc) is 2.38. The van der Waals surface area contributed by atoms with Crippen LogP contribution in [-0.4, -0.2) is 0 Å². The van der Waals surface area contributed by atoms with Crippen LogP contribution in [0.15, 0.2) is 0 Å². The lowest BCUT2D eigenvalue weighted by Gasteiger charge is -2.55. The Balaban J connectivity index is 5.53. The molecule has 0 aromatic heterocycles. The van der Waals surface area contributed by atoms with Crippen molar-refractivity contribution >= 4 is 0 Å². The smallest absolute Gasteiger partial charge is 0.0221 e. The van der Waals surface area contributed by atoms with Crippen molar-refractivity contribution in [3.8, 4) is 0 Å². The van der Waals surface area contributed by atoms with Gasteiger partial charge in [0.15, 0.2) is 0 Å². The van der Waals surface area contributed by atoms with Crippen molar-refractivity contribution in [3.05, 3.63) is 0 Å². The molecule has 0 spiro atoms. The normalized spacial score (nSPS) is 19.8. The first-order chi connectivity index (χ1) is 7.89. The third-order valence-corrected chi connectivity index (χ3v) is 6.39. The lowest BCUT2D eigenvalue weighted by atomic mass is 9.50. The Hall–Kier alpha value is 0. The highest BCUT2D eigenvalue weighted by atomic mass is 14.5. The number of rotatable bonds is 8. The van der Waals surface area contributed by atoms with Gasteiger partial charge < -0.3 is 0 Å². The van der Waals surface area contributed by atoms with Crippen molar-refractivity contribution in [1.82, 2.24) is 0 Å². The van der Waals surface area contributed by atoms with Gasteiger partial charge >= 0.3 is 0 Å². The highest BCUT2D eigenvalue weighted by Gasteiger charge is 2.49. The fourth-order valence-electron chi connectivity index (χ4n) is 4.35. The second-order valence-corrected chi connectivity index (χ2v) is 6.25. The van der Waals surface area contributed by atoms with Crippen LogP contribution in [0.4, 0.5) is 0 Å². The lowest BCUT2D eigenvalue weighted by molar-refractivity contribution is -0.0594. The minimum Gasteiger partial charge on any atom is -0.0651 e. The Labute approximate surface area is 111 Å². The molecule has 0 saturated carbocycles. The van der Waals surface area contributed by atoms with Crippen LogP contribution in [0.25, 0.3) is 0 Å². The van der Waals surface area contributed by atoms with Crippen LogP contribution < -0.4 is 0 Å². The highest BCUT2D eigenvalue weighted by Crippen LogP contribution is 2.57. The standard InChI is InChI=1S/C17H36/c1-9-14(6)16(8,11-3)17(12-4,13-5)15(7)10-2/h14-15H,9-13H2,1-8H3. The summed E-state index contributed by atoms with van der Waals surface area (Å²) in [4.78, 5) is 0. The van der Waals surface area contributed by atoms with E-state index in [2.05, 4.69) is 55.4 Å². The van der Waals surface area contributed by atoms with Gasteiger partial charge in [0.2, 0.25) is 0 Å². The Bertz CT molecular complexity index is 202. The van der Waals surface area contributed by atoms with Crippen LogP contribution >= 0.6 is 0 Å². The molecule has 3 unspecified atom stereocenters. The molecule has 0 aliphatic rings. The summed E-state index contributed by atoms with van der Waals surface area (Å²) in [5.41, 5.74) is 1.01. The van der Waals surface area contributed by atoms with Crippen LogP contribution in [-0.2, 0) is 0 Å². The van der Waals surface area contributed by atoms with E-state index in [0.29, 0.717) is 10.8 Å². The molecule has 0 amide bonds. The third kappa shape index (κ3) is 2.71. The Morgan fingerprint density at radius 3 is 1.35 bits per heavy atom. The van der Waals surface area contributed by atoms with Gasteiger partial charge in [0.1, 0.15) is 0 Å². The van der Waals surface area contributed by atoms with Gasteiger partial charge in [-0.05, 0) is 41.9 Å². The quantitative estimate of drug-likeness (QED) is 0.467. The second kappa shape index (κ2) is 6.81. The monoisotopic (exact) mass is 240 g/mol. The van der Waals surface area contributed by atoms with Gasteiger partial charge in [0.25, 0.3) is 0 Å². The SMILES string of the molecule is CCC(C)C(C)(CC)C(CC)(CC)C(C)CC. The summed E-state index contributed by atoms with van der Waals surface area (Å²) in [5, 5.41) is 0. The maximum Gasteiger partial charge on any atom is -0.0221 e. The van der Waals surface area contributed by atoms with Gasteiger partial charge in [-0.1, -0.05) is 68.2 Å². The van der Waals surface area contributed by atoms with Crippen molar-refractivity contribution in [2.75, 3.05) is 0 Å². The molecule has 0 saturated heterocycles. The maximum atomic E-state index is 2.56. The summed E-state index contributed by atoms with van der Waals surface area (Å²) in [6.07, 6.45) is 6.59. The summed E-state index contributed by atoms with van der Waals surface area (Å²) in [6, 6.07) is 0. The van der Waals surface area contributed by atoms with E-state index < -0.39 is 0 Å². The van der Waals surface area contributed by atoms with Gasteiger partial charge in [0.05, 0.1) is 0 Å². The van der Waals surface area contributed by atoms with Crippen molar-refractivity contribution in [2.45, 2.75) is 87.5 Å². The Morgan fingerprint density at radius 2 is 1.12 bits per heavy atom. The molecule has 0 aliphatic carbocycles. The fraction of sp³-hybridized carbons (Fsp3) is 1.00. The predicted molar refractivity (Wildman–Crippen MR) is 80.3 cm³/mol. The van der Waals surface area contributed by atoms with Crippen LogP contribution in [0.1, 0.15) is 87.5 Å². The van der Waals surface area contributed by atoms with Gasteiger partial charge in [0, 0.05) is 0 Å². The Kier molecular flexibility index (Phi) is 6.81. The summed E-state index contributed by atoms with van der Waals surface area (Å²) < 4.78 is 0. The molecule has 104 valence electrons. The number of hydrogen-bond donors (Lipinski definition) is 0. The lowest BCUT2D eigenvalue weighted by Crippen LogP contribution is -2.47. The van der Waals surface area contributed by atoms with Crippen LogP contribution in [0.3, 0.4) is 0 Å². The zero-order valence-corrected chi connectivity index (χ0v) is 13.7. The van der Waals surface area contributed by atoms with Crippen LogP contribution in [0, 0.1) is 22.7 Å². The second-order valence-electron chi connectivity index (χ2n) is 6.25. The van der Waals surface area contributed by atoms with Crippen molar-refractivity contribution in [1.29, 1.82) is 0 Å². The first-order valence-electron chi connectivity index (χ1n) is 7.89. The topological polar surface area (TPSA) is 0 Å². The molecule has 0 heteroatoms. The molecular weight excluding hydrogens is 204 g/mol. The van der Waals surface area contributed by atoms with E-state index in [4.69, 9.17) is 0 Å². The summed E-state index contributed by atoms with van der Waals surface area (Å²) >= 11 is 0. The van der Waals surface area contributed by atoms with Crippen molar-refractivity contribution in [2.24, 2.45) is 22.7 Å². The third-order valence-electron chi connectivity index (χ3n) is 6.39. The molecule has 3 atom stereocenters. The van der Waals surface area contributed by atoms with Crippen molar-refractivity contribution < 1.29 is 0 Å². The van der Waals surface area contributed by atoms with E-state index in [-0.39, 0.29) is 0 Å². The summed E-state index contributed by atoms with van der Waals surface area (Å²) in [5.74, 6) is 1.65. The fourth-order valence-corrected chi connectivity index (χ4v) is 4.35. The molecule has 0 nitrogen and oxygen atoms in total. The van der Waals surface area contributed by atoms with E-state index in [9.17, 15) is 0 Å². The van der Waals surface area contributed by atoms with E-state index in [1.54, 1.807) is 0 Å². The minimum absolute atomic E-state index is 0.487. The van der Waals surface area contributed by atoms with E-state index in [1.165, 1.54) is 32.1 Å². The Morgan fingerprint density at radius 1 is 0.706 bits per heavy atom.